The number of carbonyl (C=O) groups excluding carboxylic acids is 1. The normalized spacial score (nSPS) is 9.72. The Labute approximate surface area is 149 Å². The molecule has 0 spiro atoms. The van der Waals surface area contributed by atoms with Gasteiger partial charge in [0.25, 0.3) is 5.82 Å². The quantitative estimate of drug-likeness (QED) is 0.752. The lowest BCUT2D eigenvalue weighted by Crippen LogP contribution is -2.25. The number of ether oxygens (including phenoxy) is 1. The van der Waals surface area contributed by atoms with Crippen molar-refractivity contribution in [2.75, 3.05) is 18.6 Å². The lowest BCUT2D eigenvalue weighted by atomic mass is 10.2. The molecule has 25 heavy (non-hydrogen) atoms. The maximum absolute atomic E-state index is 12.0. The van der Waals surface area contributed by atoms with Gasteiger partial charge in [0.2, 0.25) is 5.91 Å². The monoisotopic (exact) mass is 354 g/mol. The molecule has 0 fully saturated rings. The van der Waals surface area contributed by atoms with Crippen LogP contribution in [0.25, 0.3) is 0 Å². The first-order valence-electron chi connectivity index (χ1n) is 7.25. The molecule has 7 nitrogen and oxygen atoms in total. The molecule has 0 saturated carbocycles. The molecule has 1 heterocycles. The summed E-state index contributed by atoms with van der Waals surface area (Å²) >= 11 is 1.15. The van der Waals surface area contributed by atoms with Gasteiger partial charge in [0, 0.05) is 6.54 Å². The predicted octanol–water partition coefficient (Wildman–Crippen LogP) is 1.24. The maximum atomic E-state index is 12.0. The number of amides is 1. The highest BCUT2D eigenvalue weighted by Crippen LogP contribution is 2.20. The van der Waals surface area contributed by atoms with E-state index in [4.69, 9.17) is 21.0 Å². The van der Waals surface area contributed by atoms with Crippen LogP contribution in [0.1, 0.15) is 16.7 Å². The minimum atomic E-state index is -0.187. The van der Waals surface area contributed by atoms with Gasteiger partial charge in [-0.25, -0.2) is 4.98 Å². The Kier molecular flexibility index (Phi) is 6.21. The zero-order chi connectivity index (χ0) is 18.2. The number of thioether (sulfide) groups is 1. The summed E-state index contributed by atoms with van der Waals surface area (Å²) in [4.78, 5) is 14.8. The molecule has 0 aliphatic rings. The minimum absolute atomic E-state index is 0.112. The fraction of sp³-hybridized carbons (Fsp3) is 0.176. The van der Waals surface area contributed by atoms with Crippen molar-refractivity contribution < 1.29 is 14.5 Å². The number of nitrogens with zero attached hydrogens (tertiary/aromatic N) is 2. The Balaban J connectivity index is 1.95. The highest BCUT2D eigenvalue weighted by atomic mass is 32.2. The van der Waals surface area contributed by atoms with E-state index in [1.807, 2.05) is 36.4 Å². The molecule has 0 radical (unpaired) electrons. The van der Waals surface area contributed by atoms with Crippen LogP contribution in [0.3, 0.4) is 0 Å². The van der Waals surface area contributed by atoms with Crippen LogP contribution < -0.4 is 20.8 Å². The third-order valence-electron chi connectivity index (χ3n) is 3.28. The van der Waals surface area contributed by atoms with E-state index in [2.05, 4.69) is 10.3 Å². The standard InChI is InChI=1S/C17H15N5O2S/c1-24-14-4-2-3-11(5-14)9-21-15(23)10-25-17-13(8-19)6-12(7-18)16(20)22-17/h2-6H,9-10H2,1H3,(H2,20,22)(H,21,23)/p+1. The predicted molar refractivity (Wildman–Crippen MR) is 92.4 cm³/mol. The Morgan fingerprint density at radius 3 is 2.76 bits per heavy atom. The van der Waals surface area contributed by atoms with Crippen molar-refractivity contribution in [3.63, 3.8) is 0 Å². The van der Waals surface area contributed by atoms with Crippen LogP contribution in [0.2, 0.25) is 0 Å². The zero-order valence-electron chi connectivity index (χ0n) is 13.5. The number of nitrogens with two attached hydrogens (primary N) is 1. The molecular weight excluding hydrogens is 338 g/mol. The number of H-pyrrole nitrogens is 1. The van der Waals surface area contributed by atoms with Crippen LogP contribution >= 0.6 is 11.8 Å². The molecule has 0 aliphatic carbocycles. The van der Waals surface area contributed by atoms with Crippen molar-refractivity contribution in [1.29, 1.82) is 10.5 Å². The average molecular weight is 354 g/mol. The van der Waals surface area contributed by atoms with Gasteiger partial charge in [-0.05, 0) is 23.8 Å². The zero-order valence-corrected chi connectivity index (χ0v) is 14.3. The van der Waals surface area contributed by atoms with Crippen molar-refractivity contribution in [1.82, 2.24) is 5.32 Å². The number of methoxy groups -OCH3 is 1. The summed E-state index contributed by atoms with van der Waals surface area (Å²) in [5, 5.41) is 21.3. The van der Waals surface area contributed by atoms with Crippen molar-refractivity contribution in [2.24, 2.45) is 0 Å². The van der Waals surface area contributed by atoms with Crippen LogP contribution in [0.15, 0.2) is 35.4 Å². The summed E-state index contributed by atoms with van der Waals surface area (Å²) in [5.74, 6) is 0.816. The summed E-state index contributed by atoms with van der Waals surface area (Å²) in [7, 11) is 1.58. The Morgan fingerprint density at radius 1 is 1.32 bits per heavy atom. The van der Waals surface area contributed by atoms with Gasteiger partial charge >= 0.3 is 0 Å². The number of rotatable bonds is 6. The topological polar surface area (TPSA) is 126 Å². The van der Waals surface area contributed by atoms with Gasteiger partial charge < -0.3 is 10.1 Å². The first kappa shape index (κ1) is 18.1. The molecule has 0 saturated heterocycles. The number of pyridine rings is 1. The molecule has 0 bridgehead atoms. The Hall–Kier alpha value is -3.23. The summed E-state index contributed by atoms with van der Waals surface area (Å²) in [6.07, 6.45) is 0. The molecule has 1 amide bonds. The van der Waals surface area contributed by atoms with Gasteiger partial charge in [-0.3, -0.25) is 10.5 Å². The fourth-order valence-corrected chi connectivity index (χ4v) is 2.83. The number of carbonyl (C=O) groups is 1. The van der Waals surface area contributed by atoms with E-state index < -0.39 is 0 Å². The number of hydrogen-bond acceptors (Lipinski definition) is 6. The third kappa shape index (κ3) is 4.87. The second-order valence-corrected chi connectivity index (χ2v) is 5.97. The van der Waals surface area contributed by atoms with Gasteiger partial charge in [0.05, 0.1) is 12.9 Å². The Bertz CT molecular complexity index is 870. The van der Waals surface area contributed by atoms with Crippen molar-refractivity contribution in [2.45, 2.75) is 11.6 Å². The van der Waals surface area contributed by atoms with Crippen molar-refractivity contribution in [3.05, 3.63) is 47.0 Å². The van der Waals surface area contributed by atoms with E-state index in [9.17, 15) is 4.79 Å². The number of anilines is 1. The SMILES string of the molecule is COc1cccc(CNC(=O)CSc2[nH+]c(N)c(C#N)cc2C#N)c1. The second-order valence-electron chi connectivity index (χ2n) is 4.98. The van der Waals surface area contributed by atoms with E-state index in [1.165, 1.54) is 6.07 Å². The highest BCUT2D eigenvalue weighted by molar-refractivity contribution is 7.99. The third-order valence-corrected chi connectivity index (χ3v) is 4.30. The fourth-order valence-electron chi connectivity index (χ4n) is 2.01. The van der Waals surface area contributed by atoms with Gasteiger partial charge in [0.15, 0.2) is 5.03 Å². The molecule has 1 aromatic carbocycles. The van der Waals surface area contributed by atoms with Crippen LogP contribution in [-0.2, 0) is 11.3 Å². The molecule has 4 N–H and O–H groups in total. The molecule has 2 rings (SSSR count). The first-order chi connectivity index (χ1) is 12.1. The molecule has 0 unspecified atom stereocenters. The molecule has 126 valence electrons. The molecular formula is C17H16N5O2S+. The maximum Gasteiger partial charge on any atom is 0.289 e. The largest absolute Gasteiger partial charge is 0.497 e. The molecule has 0 atom stereocenters. The van der Waals surface area contributed by atoms with E-state index in [-0.39, 0.29) is 28.6 Å². The van der Waals surface area contributed by atoms with Crippen LogP contribution in [0, 0.1) is 22.7 Å². The molecule has 2 aromatic rings. The van der Waals surface area contributed by atoms with Gasteiger partial charge in [-0.2, -0.15) is 10.5 Å². The van der Waals surface area contributed by atoms with Crippen molar-refractivity contribution in [3.8, 4) is 17.9 Å². The van der Waals surface area contributed by atoms with Gasteiger partial charge in [-0.1, -0.05) is 23.9 Å². The highest BCUT2D eigenvalue weighted by Gasteiger charge is 2.15. The van der Waals surface area contributed by atoms with Gasteiger partial charge in [-0.15, -0.1) is 0 Å². The average Bonchev–Trinajstić information content (AvgIpc) is 2.64. The number of aromatic amines is 1. The number of nitriles is 2. The number of aromatic nitrogens is 1. The van der Waals surface area contributed by atoms with E-state index in [0.29, 0.717) is 11.6 Å². The van der Waals surface area contributed by atoms with Crippen LogP contribution in [0.4, 0.5) is 5.82 Å². The summed E-state index contributed by atoms with van der Waals surface area (Å²) in [5.41, 5.74) is 7.10. The van der Waals surface area contributed by atoms with Gasteiger partial charge in [0.1, 0.15) is 29.0 Å². The van der Waals surface area contributed by atoms with E-state index in [1.54, 1.807) is 7.11 Å². The number of nitrogens with one attached hydrogen (secondary N) is 2. The smallest absolute Gasteiger partial charge is 0.289 e. The first-order valence-corrected chi connectivity index (χ1v) is 8.24. The second kappa shape index (κ2) is 8.57. The number of hydrogen-bond donors (Lipinski definition) is 2. The number of benzene rings is 1. The van der Waals surface area contributed by atoms with E-state index >= 15 is 0 Å². The number of nitrogen functional groups attached to an aromatic ring is 1. The lowest BCUT2D eigenvalue weighted by molar-refractivity contribution is -0.410. The van der Waals surface area contributed by atoms with E-state index in [0.717, 1.165) is 23.1 Å². The lowest BCUT2D eigenvalue weighted by Gasteiger charge is -2.07. The molecule has 0 aliphatic heterocycles. The summed E-state index contributed by atoms with van der Waals surface area (Å²) < 4.78 is 5.14. The summed E-state index contributed by atoms with van der Waals surface area (Å²) in [6, 6.07) is 12.7. The van der Waals surface area contributed by atoms with Crippen LogP contribution in [0.5, 0.6) is 5.75 Å². The molecule has 1 aromatic heterocycles. The van der Waals surface area contributed by atoms with Crippen LogP contribution in [-0.4, -0.2) is 18.8 Å². The summed E-state index contributed by atoms with van der Waals surface area (Å²) in [6.45, 7) is 0.376. The van der Waals surface area contributed by atoms with Crippen molar-refractivity contribution >= 4 is 23.5 Å². The molecule has 8 heteroatoms. The Morgan fingerprint density at radius 2 is 2.08 bits per heavy atom. The minimum Gasteiger partial charge on any atom is -0.497 e.